The molecule has 2 aromatic carbocycles. The number of hydrogen-bond donors (Lipinski definition) is 1. The van der Waals surface area contributed by atoms with Gasteiger partial charge in [-0.1, -0.05) is 46.3 Å². The van der Waals surface area contributed by atoms with Gasteiger partial charge in [-0.15, -0.1) is 0 Å². The van der Waals surface area contributed by atoms with E-state index in [1.54, 1.807) is 0 Å². The standard InChI is InChI=1S/C18H20BrN/c1-13-5-3-6-14(2)17(13)10-18(11-20-12-18)15-7-4-8-16(19)9-15/h3-9,20H,10-12H2,1-2H3. The van der Waals surface area contributed by atoms with Gasteiger partial charge in [0.05, 0.1) is 0 Å². The summed E-state index contributed by atoms with van der Waals surface area (Å²) in [4.78, 5) is 0. The van der Waals surface area contributed by atoms with Crippen molar-refractivity contribution >= 4 is 15.9 Å². The van der Waals surface area contributed by atoms with E-state index in [0.29, 0.717) is 0 Å². The van der Waals surface area contributed by atoms with Gasteiger partial charge in [0.2, 0.25) is 0 Å². The molecule has 20 heavy (non-hydrogen) atoms. The van der Waals surface area contributed by atoms with Crippen molar-refractivity contribution in [3.8, 4) is 0 Å². The molecule has 0 bridgehead atoms. The van der Waals surface area contributed by atoms with Crippen LogP contribution in [-0.2, 0) is 11.8 Å². The number of hydrogen-bond acceptors (Lipinski definition) is 1. The number of halogens is 1. The summed E-state index contributed by atoms with van der Waals surface area (Å²) in [6, 6.07) is 15.4. The second-order valence-corrected chi connectivity index (χ2v) is 6.86. The molecule has 1 heterocycles. The highest BCUT2D eigenvalue weighted by Crippen LogP contribution is 2.35. The maximum absolute atomic E-state index is 3.60. The molecule has 0 radical (unpaired) electrons. The topological polar surface area (TPSA) is 12.0 Å². The van der Waals surface area contributed by atoms with Crippen molar-refractivity contribution in [2.24, 2.45) is 0 Å². The Morgan fingerprint density at radius 2 is 1.70 bits per heavy atom. The lowest BCUT2D eigenvalue weighted by Gasteiger charge is -2.44. The van der Waals surface area contributed by atoms with Crippen molar-refractivity contribution in [1.29, 1.82) is 0 Å². The van der Waals surface area contributed by atoms with Gasteiger partial charge >= 0.3 is 0 Å². The van der Waals surface area contributed by atoms with Gasteiger partial charge in [0.1, 0.15) is 0 Å². The van der Waals surface area contributed by atoms with E-state index >= 15 is 0 Å². The fourth-order valence-corrected chi connectivity index (χ4v) is 3.54. The average molecular weight is 330 g/mol. The van der Waals surface area contributed by atoms with Gasteiger partial charge in [-0.25, -0.2) is 0 Å². The Balaban J connectivity index is 1.98. The average Bonchev–Trinajstić information content (AvgIpc) is 2.36. The third-order valence-electron chi connectivity index (χ3n) is 4.52. The van der Waals surface area contributed by atoms with Gasteiger partial charge < -0.3 is 5.32 Å². The Kier molecular flexibility index (Phi) is 3.70. The van der Waals surface area contributed by atoms with Crippen LogP contribution in [0.5, 0.6) is 0 Å². The normalized spacial score (nSPS) is 16.8. The molecule has 1 fully saturated rings. The van der Waals surface area contributed by atoms with Gasteiger partial charge in [-0.05, 0) is 54.7 Å². The highest BCUT2D eigenvalue weighted by atomic mass is 79.9. The molecule has 1 N–H and O–H groups in total. The minimum Gasteiger partial charge on any atom is -0.315 e. The van der Waals surface area contributed by atoms with E-state index in [0.717, 1.165) is 19.5 Å². The van der Waals surface area contributed by atoms with Crippen LogP contribution < -0.4 is 5.32 Å². The lowest BCUT2D eigenvalue weighted by molar-refractivity contribution is 0.274. The highest BCUT2D eigenvalue weighted by Gasteiger charge is 2.39. The molecule has 0 aromatic heterocycles. The van der Waals surface area contributed by atoms with Crippen LogP contribution in [0, 0.1) is 13.8 Å². The van der Waals surface area contributed by atoms with Gasteiger partial charge in [-0.2, -0.15) is 0 Å². The van der Waals surface area contributed by atoms with E-state index in [1.165, 1.54) is 26.7 Å². The van der Waals surface area contributed by atoms with Gasteiger partial charge in [0, 0.05) is 23.0 Å². The fraction of sp³-hybridized carbons (Fsp3) is 0.333. The monoisotopic (exact) mass is 329 g/mol. The van der Waals surface area contributed by atoms with Crippen molar-refractivity contribution in [1.82, 2.24) is 5.32 Å². The molecular weight excluding hydrogens is 310 g/mol. The van der Waals surface area contributed by atoms with Crippen LogP contribution in [0.1, 0.15) is 22.3 Å². The molecule has 2 aromatic rings. The molecule has 0 aliphatic carbocycles. The molecule has 0 atom stereocenters. The molecule has 1 saturated heterocycles. The van der Waals surface area contributed by atoms with Gasteiger partial charge in [0.25, 0.3) is 0 Å². The van der Waals surface area contributed by atoms with Crippen molar-refractivity contribution in [3.05, 3.63) is 69.2 Å². The maximum Gasteiger partial charge on any atom is 0.0243 e. The number of nitrogens with one attached hydrogen (secondary N) is 1. The van der Waals surface area contributed by atoms with Crippen LogP contribution in [0.15, 0.2) is 46.9 Å². The Morgan fingerprint density at radius 3 is 2.25 bits per heavy atom. The summed E-state index contributed by atoms with van der Waals surface area (Å²) in [5.41, 5.74) is 6.01. The Bertz CT molecular complexity index is 609. The molecule has 0 saturated carbocycles. The van der Waals surface area contributed by atoms with E-state index < -0.39 is 0 Å². The van der Waals surface area contributed by atoms with Crippen LogP contribution in [0.25, 0.3) is 0 Å². The van der Waals surface area contributed by atoms with Crippen LogP contribution in [0.2, 0.25) is 0 Å². The smallest absolute Gasteiger partial charge is 0.0243 e. The number of rotatable bonds is 3. The molecule has 1 aliphatic rings. The van der Waals surface area contributed by atoms with E-state index in [9.17, 15) is 0 Å². The third kappa shape index (κ3) is 2.43. The molecule has 0 unspecified atom stereocenters. The molecule has 1 aliphatic heterocycles. The van der Waals surface area contributed by atoms with Crippen LogP contribution in [-0.4, -0.2) is 13.1 Å². The zero-order valence-electron chi connectivity index (χ0n) is 12.0. The van der Waals surface area contributed by atoms with E-state index in [1.807, 2.05) is 0 Å². The molecule has 2 heteroatoms. The first-order chi connectivity index (χ1) is 9.61. The Labute approximate surface area is 129 Å². The Morgan fingerprint density at radius 1 is 1.05 bits per heavy atom. The predicted octanol–water partition coefficient (Wildman–Crippen LogP) is 4.15. The third-order valence-corrected chi connectivity index (χ3v) is 5.02. The number of benzene rings is 2. The van der Waals surface area contributed by atoms with E-state index in [2.05, 4.69) is 77.6 Å². The van der Waals surface area contributed by atoms with Crippen molar-refractivity contribution in [2.45, 2.75) is 25.7 Å². The summed E-state index contributed by atoms with van der Waals surface area (Å²) >= 11 is 3.60. The molecule has 1 nitrogen and oxygen atoms in total. The minimum absolute atomic E-state index is 0.251. The second-order valence-electron chi connectivity index (χ2n) is 5.94. The first-order valence-corrected chi connectivity index (χ1v) is 7.92. The molecule has 0 spiro atoms. The van der Waals surface area contributed by atoms with Gasteiger partial charge in [0.15, 0.2) is 0 Å². The first-order valence-electron chi connectivity index (χ1n) is 7.13. The largest absolute Gasteiger partial charge is 0.315 e. The predicted molar refractivity (Wildman–Crippen MR) is 88.3 cm³/mol. The second kappa shape index (κ2) is 5.34. The van der Waals surface area contributed by atoms with Crippen molar-refractivity contribution in [3.63, 3.8) is 0 Å². The van der Waals surface area contributed by atoms with Crippen molar-refractivity contribution in [2.75, 3.05) is 13.1 Å². The zero-order valence-corrected chi connectivity index (χ0v) is 13.6. The first kappa shape index (κ1) is 13.8. The molecule has 0 amide bonds. The summed E-state index contributed by atoms with van der Waals surface area (Å²) in [5.74, 6) is 0. The SMILES string of the molecule is Cc1cccc(C)c1CC1(c2cccc(Br)c2)CNC1. The Hall–Kier alpha value is -1.12. The molecular formula is C18H20BrN. The highest BCUT2D eigenvalue weighted by molar-refractivity contribution is 9.10. The van der Waals surface area contributed by atoms with E-state index in [4.69, 9.17) is 0 Å². The van der Waals surface area contributed by atoms with Crippen LogP contribution >= 0.6 is 15.9 Å². The summed E-state index contributed by atoms with van der Waals surface area (Å²) < 4.78 is 1.17. The molecule has 104 valence electrons. The minimum atomic E-state index is 0.251. The van der Waals surface area contributed by atoms with Crippen molar-refractivity contribution < 1.29 is 0 Å². The summed E-state index contributed by atoms with van der Waals surface area (Å²) in [5, 5.41) is 3.46. The summed E-state index contributed by atoms with van der Waals surface area (Å²) in [6.45, 7) is 6.58. The summed E-state index contributed by atoms with van der Waals surface area (Å²) in [7, 11) is 0. The fourth-order valence-electron chi connectivity index (χ4n) is 3.14. The van der Waals surface area contributed by atoms with E-state index in [-0.39, 0.29) is 5.41 Å². The van der Waals surface area contributed by atoms with Crippen LogP contribution in [0.3, 0.4) is 0 Å². The van der Waals surface area contributed by atoms with Crippen LogP contribution in [0.4, 0.5) is 0 Å². The maximum atomic E-state index is 3.60. The summed E-state index contributed by atoms with van der Waals surface area (Å²) in [6.07, 6.45) is 1.12. The lowest BCUT2D eigenvalue weighted by atomic mass is 9.70. The zero-order chi connectivity index (χ0) is 14.2. The van der Waals surface area contributed by atoms with Gasteiger partial charge in [-0.3, -0.25) is 0 Å². The lowest BCUT2D eigenvalue weighted by Crippen LogP contribution is -2.58. The number of aryl methyl sites for hydroxylation is 2. The quantitative estimate of drug-likeness (QED) is 0.891. The molecule has 3 rings (SSSR count).